The molecule has 224 valence electrons. The topological polar surface area (TPSA) is 74.6 Å². The fraction of sp³-hybridized carbons (Fsp3) is 0.941. The summed E-state index contributed by atoms with van der Waals surface area (Å²) in [6.07, 6.45) is 32.9. The van der Waals surface area contributed by atoms with E-state index >= 15 is 0 Å². The van der Waals surface area contributed by atoms with E-state index < -0.39 is 17.4 Å². The number of hydrogen-bond acceptors (Lipinski definition) is 2. The summed E-state index contributed by atoms with van der Waals surface area (Å²) in [6, 6.07) is 0. The third-order valence-corrected chi connectivity index (χ3v) is 9.47. The summed E-state index contributed by atoms with van der Waals surface area (Å²) in [4.78, 5) is 22.7. The van der Waals surface area contributed by atoms with E-state index in [1.165, 1.54) is 109 Å². The minimum absolute atomic E-state index is 0.0289. The first kappa shape index (κ1) is 35.0. The molecule has 2 unspecified atom stereocenters. The summed E-state index contributed by atoms with van der Waals surface area (Å²) in [7, 11) is 0. The molecule has 2 aliphatic rings. The molecule has 0 saturated heterocycles. The largest absolute Gasteiger partial charge is 0.481 e. The molecule has 0 aliphatic heterocycles. The van der Waals surface area contributed by atoms with Gasteiger partial charge in [0.25, 0.3) is 0 Å². The Bertz CT molecular complexity index is 583. The average Bonchev–Trinajstić information content (AvgIpc) is 2.93. The summed E-state index contributed by atoms with van der Waals surface area (Å²) >= 11 is 0. The number of carboxylic acids is 2. The van der Waals surface area contributed by atoms with Gasteiger partial charge in [-0.05, 0) is 44.4 Å². The molecule has 0 radical (unpaired) electrons. The molecule has 4 nitrogen and oxygen atoms in total. The van der Waals surface area contributed by atoms with Crippen LogP contribution in [-0.2, 0) is 9.59 Å². The van der Waals surface area contributed by atoms with Gasteiger partial charge in [-0.1, -0.05) is 149 Å². The van der Waals surface area contributed by atoms with Crippen LogP contribution in [0.2, 0.25) is 0 Å². The summed E-state index contributed by atoms with van der Waals surface area (Å²) < 4.78 is 0. The molecule has 0 heterocycles. The van der Waals surface area contributed by atoms with Gasteiger partial charge in [0.15, 0.2) is 0 Å². The molecule has 0 aromatic carbocycles. The minimum Gasteiger partial charge on any atom is -0.481 e. The molecule has 0 spiro atoms. The van der Waals surface area contributed by atoms with Crippen LogP contribution in [0.5, 0.6) is 0 Å². The molecule has 0 aromatic heterocycles. The Hall–Kier alpha value is -1.06. The third-order valence-electron chi connectivity index (χ3n) is 9.47. The minimum atomic E-state index is -0.602. The lowest BCUT2D eigenvalue weighted by atomic mass is 9.62. The zero-order valence-corrected chi connectivity index (χ0v) is 25.5. The lowest BCUT2D eigenvalue weighted by Crippen LogP contribution is -2.41. The molecule has 2 fully saturated rings. The maximum atomic E-state index is 12.4. The van der Waals surface area contributed by atoms with Gasteiger partial charge in [0.2, 0.25) is 0 Å². The van der Waals surface area contributed by atoms with E-state index in [1.807, 2.05) is 0 Å². The highest BCUT2D eigenvalue weighted by atomic mass is 16.4. The van der Waals surface area contributed by atoms with E-state index in [1.54, 1.807) is 0 Å². The van der Waals surface area contributed by atoms with Crippen molar-refractivity contribution in [2.45, 2.75) is 187 Å². The highest BCUT2D eigenvalue weighted by molar-refractivity contribution is 5.75. The van der Waals surface area contributed by atoms with Crippen LogP contribution in [0, 0.1) is 17.3 Å². The summed E-state index contributed by atoms with van der Waals surface area (Å²) in [5.41, 5.74) is -0.401. The first-order valence-corrected chi connectivity index (χ1v) is 16.9. The van der Waals surface area contributed by atoms with Crippen LogP contribution in [0.25, 0.3) is 0 Å². The predicted octanol–water partition coefficient (Wildman–Crippen LogP) is 11.0. The maximum absolute atomic E-state index is 12.4. The van der Waals surface area contributed by atoms with Gasteiger partial charge in [0.05, 0.1) is 11.3 Å². The first-order chi connectivity index (χ1) is 18.5. The maximum Gasteiger partial charge on any atom is 0.309 e. The summed E-state index contributed by atoms with van der Waals surface area (Å²) in [5, 5.41) is 18.7. The van der Waals surface area contributed by atoms with E-state index in [0.29, 0.717) is 5.92 Å². The average molecular weight is 537 g/mol. The second kappa shape index (κ2) is 22.7. The normalized spacial score (nSPS) is 22.0. The molecule has 2 atom stereocenters. The SMILES string of the molecule is CCCCCCCCCCC1CCCCC1(CCCCCCCCCC)C(=O)O.O=C(O)C1CCCCC1. The van der Waals surface area contributed by atoms with E-state index in [4.69, 9.17) is 5.11 Å². The van der Waals surface area contributed by atoms with Crippen LogP contribution in [0.15, 0.2) is 0 Å². The van der Waals surface area contributed by atoms with Crippen LogP contribution in [0.3, 0.4) is 0 Å². The number of carboxylic acid groups (broad SMARTS) is 2. The van der Waals surface area contributed by atoms with Crippen molar-refractivity contribution in [3.05, 3.63) is 0 Å². The Balaban J connectivity index is 0.000000671. The molecule has 0 amide bonds. The molecule has 4 heteroatoms. The number of carbonyl (C=O) groups is 2. The van der Waals surface area contributed by atoms with Gasteiger partial charge in [-0.25, -0.2) is 0 Å². The lowest BCUT2D eigenvalue weighted by Gasteiger charge is -2.41. The van der Waals surface area contributed by atoms with Crippen molar-refractivity contribution in [1.29, 1.82) is 0 Å². The Morgan fingerprint density at radius 1 is 0.605 bits per heavy atom. The molecule has 2 N–H and O–H groups in total. The van der Waals surface area contributed by atoms with Crippen molar-refractivity contribution in [3.8, 4) is 0 Å². The van der Waals surface area contributed by atoms with E-state index in [-0.39, 0.29) is 5.92 Å². The molecular weight excluding hydrogens is 472 g/mol. The van der Waals surface area contributed by atoms with Crippen molar-refractivity contribution >= 4 is 11.9 Å². The molecule has 38 heavy (non-hydrogen) atoms. The molecule has 2 saturated carbocycles. The van der Waals surface area contributed by atoms with Crippen LogP contribution in [-0.4, -0.2) is 22.2 Å². The number of rotatable bonds is 20. The fourth-order valence-corrected chi connectivity index (χ4v) is 6.90. The zero-order chi connectivity index (χ0) is 27.9. The van der Waals surface area contributed by atoms with E-state index in [0.717, 1.165) is 64.2 Å². The van der Waals surface area contributed by atoms with Crippen molar-refractivity contribution < 1.29 is 19.8 Å². The van der Waals surface area contributed by atoms with Gasteiger partial charge < -0.3 is 10.2 Å². The summed E-state index contributed by atoms with van der Waals surface area (Å²) in [6.45, 7) is 4.53. The molecular formula is C34H64O4. The van der Waals surface area contributed by atoms with Crippen LogP contribution in [0.4, 0.5) is 0 Å². The first-order valence-electron chi connectivity index (χ1n) is 16.9. The second-order valence-corrected chi connectivity index (χ2v) is 12.6. The quantitative estimate of drug-likeness (QED) is 0.152. The molecule has 2 aliphatic carbocycles. The van der Waals surface area contributed by atoms with E-state index in [9.17, 15) is 14.7 Å². The number of unbranched alkanes of at least 4 members (excludes halogenated alkanes) is 14. The highest BCUT2D eigenvalue weighted by Gasteiger charge is 2.45. The number of hydrogen-bond donors (Lipinski definition) is 2. The van der Waals surface area contributed by atoms with Gasteiger partial charge >= 0.3 is 11.9 Å². The van der Waals surface area contributed by atoms with Crippen LogP contribution in [0.1, 0.15) is 187 Å². The van der Waals surface area contributed by atoms with Crippen LogP contribution < -0.4 is 0 Å². The zero-order valence-electron chi connectivity index (χ0n) is 25.5. The van der Waals surface area contributed by atoms with Crippen molar-refractivity contribution in [1.82, 2.24) is 0 Å². The van der Waals surface area contributed by atoms with E-state index in [2.05, 4.69) is 13.8 Å². The monoisotopic (exact) mass is 536 g/mol. The lowest BCUT2D eigenvalue weighted by molar-refractivity contribution is -0.156. The smallest absolute Gasteiger partial charge is 0.309 e. The van der Waals surface area contributed by atoms with Gasteiger partial charge in [-0.15, -0.1) is 0 Å². The van der Waals surface area contributed by atoms with Crippen molar-refractivity contribution in [2.75, 3.05) is 0 Å². The molecule has 2 rings (SSSR count). The number of aliphatic carboxylic acids is 2. The standard InChI is InChI=1S/C27H52O2.C7H12O2/c1-3-5-7-9-11-13-15-17-21-25-22-18-20-24-27(25,26(28)29)23-19-16-14-12-10-8-6-4-2;8-7(9)6-4-2-1-3-5-6/h25H,3-24H2,1-2H3,(H,28,29);6H,1-5H2,(H,8,9). The van der Waals surface area contributed by atoms with Crippen LogP contribution >= 0.6 is 0 Å². The fourth-order valence-electron chi connectivity index (χ4n) is 6.90. The third kappa shape index (κ3) is 14.9. The van der Waals surface area contributed by atoms with Crippen molar-refractivity contribution in [2.24, 2.45) is 17.3 Å². The Kier molecular flexibility index (Phi) is 20.9. The van der Waals surface area contributed by atoms with Gasteiger partial charge in [-0.3, -0.25) is 9.59 Å². The second-order valence-electron chi connectivity index (χ2n) is 12.6. The Labute approximate surface area is 236 Å². The Morgan fingerprint density at radius 2 is 1.08 bits per heavy atom. The summed E-state index contributed by atoms with van der Waals surface area (Å²) in [5.74, 6) is -0.684. The molecule has 0 aromatic rings. The Morgan fingerprint density at radius 3 is 1.55 bits per heavy atom. The van der Waals surface area contributed by atoms with Gasteiger partial charge in [0, 0.05) is 0 Å². The van der Waals surface area contributed by atoms with Gasteiger partial charge in [0.1, 0.15) is 0 Å². The highest BCUT2D eigenvalue weighted by Crippen LogP contribution is 2.47. The molecule has 0 bridgehead atoms. The predicted molar refractivity (Wildman–Crippen MR) is 161 cm³/mol. The van der Waals surface area contributed by atoms with Gasteiger partial charge in [-0.2, -0.15) is 0 Å². The van der Waals surface area contributed by atoms with Crippen molar-refractivity contribution in [3.63, 3.8) is 0 Å².